The van der Waals surface area contributed by atoms with Crippen LogP contribution in [0, 0.1) is 3.57 Å². The van der Waals surface area contributed by atoms with Crippen molar-refractivity contribution in [3.63, 3.8) is 0 Å². The summed E-state index contributed by atoms with van der Waals surface area (Å²) < 4.78 is 11.4. The van der Waals surface area contributed by atoms with Gasteiger partial charge >= 0.3 is 6.09 Å². The van der Waals surface area contributed by atoms with E-state index >= 15 is 0 Å². The van der Waals surface area contributed by atoms with Gasteiger partial charge in [-0.25, -0.2) is 9.78 Å². The lowest BCUT2D eigenvalue weighted by Gasteiger charge is -2.36. The Kier molecular flexibility index (Phi) is 7.24. The fraction of sp³-hybridized carbons (Fsp3) is 0.409. The highest BCUT2D eigenvalue weighted by Crippen LogP contribution is 2.24. The van der Waals surface area contributed by atoms with E-state index in [1.807, 2.05) is 45.0 Å². The summed E-state index contributed by atoms with van der Waals surface area (Å²) >= 11 is 2.09. The first-order valence-electron chi connectivity index (χ1n) is 10.0. The molecule has 1 aromatic carbocycles. The number of carbonyl (C=O) groups excluding carboxylic acids is 2. The van der Waals surface area contributed by atoms with Crippen LogP contribution in [0.15, 0.2) is 36.5 Å². The number of nitrogens with one attached hydrogen (secondary N) is 1. The minimum absolute atomic E-state index is 0.270. The topological polar surface area (TPSA) is 84.0 Å². The number of pyridine rings is 1. The molecule has 166 valence electrons. The van der Waals surface area contributed by atoms with Crippen molar-refractivity contribution in [2.45, 2.75) is 26.4 Å². The van der Waals surface area contributed by atoms with Gasteiger partial charge in [-0.15, -0.1) is 0 Å². The van der Waals surface area contributed by atoms with E-state index in [0.717, 1.165) is 22.3 Å². The zero-order valence-corrected chi connectivity index (χ0v) is 20.3. The first-order valence-corrected chi connectivity index (χ1v) is 11.1. The number of anilines is 2. The highest BCUT2D eigenvalue weighted by Gasteiger charge is 2.26. The first kappa shape index (κ1) is 23.1. The molecule has 0 saturated carbocycles. The van der Waals surface area contributed by atoms with Crippen molar-refractivity contribution in [1.29, 1.82) is 0 Å². The molecule has 0 unspecified atom stereocenters. The van der Waals surface area contributed by atoms with Gasteiger partial charge in [-0.05, 0) is 73.7 Å². The van der Waals surface area contributed by atoms with Crippen molar-refractivity contribution in [1.82, 2.24) is 9.88 Å². The second-order valence-electron chi connectivity index (χ2n) is 8.13. The summed E-state index contributed by atoms with van der Waals surface area (Å²) in [6.45, 7) is 8.25. The van der Waals surface area contributed by atoms with E-state index in [9.17, 15) is 9.59 Å². The van der Waals surface area contributed by atoms with Gasteiger partial charge in [-0.1, -0.05) is 0 Å². The van der Waals surface area contributed by atoms with Crippen molar-refractivity contribution in [3.05, 3.63) is 45.7 Å². The van der Waals surface area contributed by atoms with Crippen molar-refractivity contribution < 1.29 is 19.1 Å². The lowest BCUT2D eigenvalue weighted by molar-refractivity contribution is 0.0240. The number of aromatic nitrogens is 1. The molecule has 0 spiro atoms. The monoisotopic (exact) mass is 538 g/mol. The molecule has 8 nitrogen and oxygen atoms in total. The Bertz CT molecular complexity index is 936. The number of hydrogen-bond donors (Lipinski definition) is 1. The molecule has 2 aromatic rings. The number of carbonyl (C=O) groups is 2. The van der Waals surface area contributed by atoms with Gasteiger partial charge in [-0.3, -0.25) is 4.79 Å². The maximum Gasteiger partial charge on any atom is 0.410 e. The molecule has 2 amide bonds. The Balaban J connectivity index is 1.59. The van der Waals surface area contributed by atoms with E-state index in [-0.39, 0.29) is 12.0 Å². The van der Waals surface area contributed by atoms with Crippen molar-refractivity contribution in [2.24, 2.45) is 0 Å². The first-order chi connectivity index (χ1) is 14.7. The van der Waals surface area contributed by atoms with Crippen LogP contribution in [0.1, 0.15) is 31.1 Å². The summed E-state index contributed by atoms with van der Waals surface area (Å²) in [5.41, 5.74) is 1.64. The summed E-state index contributed by atoms with van der Waals surface area (Å²) in [7, 11) is 1.49. The Labute approximate surface area is 196 Å². The fourth-order valence-corrected chi connectivity index (χ4v) is 3.84. The number of nitrogens with zero attached hydrogens (tertiary/aromatic N) is 3. The van der Waals surface area contributed by atoms with E-state index in [4.69, 9.17) is 9.47 Å². The van der Waals surface area contributed by atoms with Gasteiger partial charge in [0, 0.05) is 47.3 Å². The van der Waals surface area contributed by atoms with Gasteiger partial charge in [-0.2, -0.15) is 0 Å². The summed E-state index contributed by atoms with van der Waals surface area (Å²) in [5, 5.41) is 2.90. The zero-order chi connectivity index (χ0) is 22.6. The van der Waals surface area contributed by atoms with Crippen molar-refractivity contribution in [3.8, 4) is 5.88 Å². The molecule has 0 atom stereocenters. The average Bonchev–Trinajstić information content (AvgIpc) is 2.73. The van der Waals surface area contributed by atoms with Crippen LogP contribution in [0.3, 0.4) is 0 Å². The van der Waals surface area contributed by atoms with Crippen molar-refractivity contribution in [2.75, 3.05) is 43.5 Å². The molecule has 0 radical (unpaired) electrons. The minimum Gasteiger partial charge on any atom is -0.480 e. The second kappa shape index (κ2) is 9.71. The Morgan fingerprint density at radius 2 is 1.71 bits per heavy atom. The van der Waals surface area contributed by atoms with Gasteiger partial charge < -0.3 is 24.6 Å². The Morgan fingerprint density at radius 1 is 1.06 bits per heavy atom. The van der Waals surface area contributed by atoms with E-state index in [2.05, 4.69) is 37.8 Å². The van der Waals surface area contributed by atoms with E-state index < -0.39 is 5.60 Å². The molecule has 3 rings (SSSR count). The molecule has 0 aliphatic carbocycles. The molecule has 2 heterocycles. The molecule has 1 aliphatic heterocycles. The summed E-state index contributed by atoms with van der Waals surface area (Å²) in [6, 6.07) is 9.42. The van der Waals surface area contributed by atoms with Crippen LogP contribution in [0.25, 0.3) is 0 Å². The zero-order valence-electron chi connectivity index (χ0n) is 18.1. The third-order valence-electron chi connectivity index (χ3n) is 4.71. The smallest absolute Gasteiger partial charge is 0.410 e. The number of methoxy groups -OCH3 is 1. The SMILES string of the molecule is COc1nccc(I)c1C(=O)Nc1ccc(N2CCN(C(=O)OC(C)(C)C)CC2)cc1. The summed E-state index contributed by atoms with van der Waals surface area (Å²) in [4.78, 5) is 33.0. The highest BCUT2D eigenvalue weighted by molar-refractivity contribution is 14.1. The van der Waals surface area contributed by atoms with Crippen LogP contribution in [-0.2, 0) is 4.74 Å². The van der Waals surface area contributed by atoms with Crippen LogP contribution in [-0.4, -0.2) is 60.8 Å². The molecule has 9 heteroatoms. The largest absolute Gasteiger partial charge is 0.480 e. The second-order valence-corrected chi connectivity index (χ2v) is 9.29. The van der Waals surface area contributed by atoms with Crippen molar-refractivity contribution >= 4 is 46.0 Å². The lowest BCUT2D eigenvalue weighted by atomic mass is 10.2. The minimum atomic E-state index is -0.494. The number of rotatable bonds is 4. The van der Waals surface area contributed by atoms with Gasteiger partial charge in [0.1, 0.15) is 11.2 Å². The molecule has 1 aromatic heterocycles. The van der Waals surface area contributed by atoms with Crippen LogP contribution in [0.4, 0.5) is 16.2 Å². The summed E-state index contributed by atoms with van der Waals surface area (Å²) in [6.07, 6.45) is 1.33. The van der Waals surface area contributed by atoms with E-state index in [1.165, 1.54) is 7.11 Å². The number of hydrogen-bond acceptors (Lipinski definition) is 6. The maximum atomic E-state index is 12.7. The summed E-state index contributed by atoms with van der Waals surface area (Å²) in [5.74, 6) is 0.0250. The van der Waals surface area contributed by atoms with Gasteiger partial charge in [0.15, 0.2) is 0 Å². The molecular formula is C22H27IN4O4. The maximum absolute atomic E-state index is 12.7. The van der Waals surface area contributed by atoms with Crippen LogP contribution in [0.2, 0.25) is 0 Å². The average molecular weight is 538 g/mol. The Hall–Kier alpha value is -2.56. The standard InChI is InChI=1S/C22H27IN4O4/c1-22(2,3)31-21(29)27-13-11-26(12-14-27)16-7-5-15(6-8-16)25-19(28)18-17(23)9-10-24-20(18)30-4/h5-10H,11-14H2,1-4H3,(H,25,28). The molecule has 1 N–H and O–H groups in total. The Morgan fingerprint density at radius 3 is 2.29 bits per heavy atom. The van der Waals surface area contributed by atoms with Crippen LogP contribution >= 0.6 is 22.6 Å². The van der Waals surface area contributed by atoms with Crippen LogP contribution < -0.4 is 15.0 Å². The molecule has 1 fully saturated rings. The number of amides is 2. The van der Waals surface area contributed by atoms with Gasteiger partial charge in [0.05, 0.1) is 7.11 Å². The third-order valence-corrected chi connectivity index (χ3v) is 5.61. The molecule has 1 aliphatic rings. The number of benzene rings is 1. The third kappa shape index (κ3) is 5.99. The number of ether oxygens (including phenoxy) is 2. The molecule has 0 bridgehead atoms. The fourth-order valence-electron chi connectivity index (χ4n) is 3.20. The molecular weight excluding hydrogens is 511 g/mol. The highest BCUT2D eigenvalue weighted by atomic mass is 127. The van der Waals surface area contributed by atoms with Gasteiger partial charge in [0.2, 0.25) is 5.88 Å². The predicted octanol–water partition coefficient (Wildman–Crippen LogP) is 4.00. The number of piperazine rings is 1. The van der Waals surface area contributed by atoms with E-state index in [0.29, 0.717) is 30.2 Å². The van der Waals surface area contributed by atoms with Crippen LogP contribution in [0.5, 0.6) is 5.88 Å². The molecule has 1 saturated heterocycles. The quantitative estimate of drug-likeness (QED) is 0.593. The lowest BCUT2D eigenvalue weighted by Crippen LogP contribution is -2.50. The molecule has 31 heavy (non-hydrogen) atoms. The normalized spacial score (nSPS) is 14.2. The van der Waals surface area contributed by atoms with E-state index in [1.54, 1.807) is 17.2 Å². The van der Waals surface area contributed by atoms with Gasteiger partial charge in [0.25, 0.3) is 5.91 Å². The number of halogens is 1. The predicted molar refractivity (Wildman–Crippen MR) is 128 cm³/mol.